The van der Waals surface area contributed by atoms with Crippen LogP contribution in [0.3, 0.4) is 0 Å². The van der Waals surface area contributed by atoms with Crippen LogP contribution in [0, 0.1) is 0 Å². The molecular weight excluding hydrogens is 356 g/mol. The summed E-state index contributed by atoms with van der Waals surface area (Å²) in [7, 11) is -1.26. The zero-order valence-electron chi connectivity index (χ0n) is 15.1. The normalized spacial score (nSPS) is 23.0. The first kappa shape index (κ1) is 18.6. The third kappa shape index (κ3) is 3.84. The topological polar surface area (TPSA) is 74.7 Å². The molecule has 0 aromatic carbocycles. The SMILES string of the molecule is CCc1nc(CNC(=NC)N2CCS(=O)(=O)C3(CCCCC3)C2)cs1. The molecule has 1 aliphatic carbocycles. The number of hydrogen-bond donors (Lipinski definition) is 1. The number of aliphatic imine (C=N–C) groups is 1. The van der Waals surface area contributed by atoms with Crippen molar-refractivity contribution in [2.24, 2.45) is 4.99 Å². The van der Waals surface area contributed by atoms with Gasteiger partial charge in [0.05, 0.1) is 27.7 Å². The molecule has 1 aromatic rings. The molecule has 6 nitrogen and oxygen atoms in total. The molecule has 8 heteroatoms. The lowest BCUT2D eigenvalue weighted by molar-refractivity contribution is 0.274. The van der Waals surface area contributed by atoms with Crippen LogP contribution in [0.5, 0.6) is 0 Å². The lowest BCUT2D eigenvalue weighted by Crippen LogP contribution is -2.60. The van der Waals surface area contributed by atoms with Crippen LogP contribution in [-0.2, 0) is 22.8 Å². The van der Waals surface area contributed by atoms with Crippen LogP contribution in [-0.4, -0.2) is 54.9 Å². The second-order valence-electron chi connectivity index (χ2n) is 6.97. The van der Waals surface area contributed by atoms with Gasteiger partial charge in [0.1, 0.15) is 0 Å². The molecule has 0 bridgehead atoms. The first-order valence-electron chi connectivity index (χ1n) is 9.11. The number of thiazole rings is 1. The van der Waals surface area contributed by atoms with E-state index in [1.54, 1.807) is 18.4 Å². The van der Waals surface area contributed by atoms with E-state index in [-0.39, 0.29) is 5.75 Å². The fraction of sp³-hybridized carbons (Fsp3) is 0.765. The molecule has 1 spiro atoms. The predicted molar refractivity (Wildman–Crippen MR) is 103 cm³/mol. The molecule has 2 fully saturated rings. The summed E-state index contributed by atoms with van der Waals surface area (Å²) in [6.45, 7) is 3.81. The van der Waals surface area contributed by atoms with Crippen LogP contribution in [0.15, 0.2) is 10.4 Å². The third-order valence-corrected chi connectivity index (χ3v) is 8.99. The summed E-state index contributed by atoms with van der Waals surface area (Å²) in [5, 5.41) is 6.58. The molecule has 1 aromatic heterocycles. The Bertz CT molecular complexity index is 721. The largest absolute Gasteiger partial charge is 0.351 e. The summed E-state index contributed by atoms with van der Waals surface area (Å²) in [6, 6.07) is 0. The van der Waals surface area contributed by atoms with Crippen LogP contribution in [0.25, 0.3) is 0 Å². The molecule has 1 saturated heterocycles. The van der Waals surface area contributed by atoms with Crippen molar-refractivity contribution in [1.82, 2.24) is 15.2 Å². The second kappa shape index (κ2) is 7.61. The van der Waals surface area contributed by atoms with Gasteiger partial charge in [0.25, 0.3) is 0 Å². The molecular formula is C17H28N4O2S2. The fourth-order valence-electron chi connectivity index (χ4n) is 3.91. The first-order valence-corrected chi connectivity index (χ1v) is 11.6. The van der Waals surface area contributed by atoms with Crippen LogP contribution in [0.1, 0.15) is 49.7 Å². The Hall–Kier alpha value is -1.15. The maximum Gasteiger partial charge on any atom is 0.194 e. The van der Waals surface area contributed by atoms with Crippen molar-refractivity contribution in [3.05, 3.63) is 16.1 Å². The Kier molecular flexibility index (Phi) is 5.68. The number of nitrogens with one attached hydrogen (secondary N) is 1. The van der Waals surface area contributed by atoms with Gasteiger partial charge in [0.15, 0.2) is 15.8 Å². The lowest BCUT2D eigenvalue weighted by atomic mass is 9.87. The Morgan fingerprint density at radius 3 is 2.80 bits per heavy atom. The van der Waals surface area contributed by atoms with Gasteiger partial charge in [-0.05, 0) is 19.3 Å². The van der Waals surface area contributed by atoms with Crippen molar-refractivity contribution in [3.8, 4) is 0 Å². The monoisotopic (exact) mass is 384 g/mol. The minimum Gasteiger partial charge on any atom is -0.351 e. The quantitative estimate of drug-likeness (QED) is 0.639. The van der Waals surface area contributed by atoms with Crippen LogP contribution in [0.2, 0.25) is 0 Å². The Balaban J connectivity index is 1.68. The van der Waals surface area contributed by atoms with Crippen molar-refractivity contribution in [2.75, 3.05) is 25.9 Å². The standard InChI is InChI=1S/C17H28N4O2S2/c1-3-15-20-14(12-24-15)11-19-16(18-2)21-9-10-25(22,23)17(13-21)7-5-4-6-8-17/h12H,3-11,13H2,1-2H3,(H,18,19). The van der Waals surface area contributed by atoms with Crippen LogP contribution >= 0.6 is 11.3 Å². The highest BCUT2D eigenvalue weighted by molar-refractivity contribution is 7.92. The Labute approximate surface area is 154 Å². The van der Waals surface area contributed by atoms with Gasteiger partial charge in [-0.1, -0.05) is 26.2 Å². The van der Waals surface area contributed by atoms with E-state index >= 15 is 0 Å². The van der Waals surface area contributed by atoms with Gasteiger partial charge in [-0.25, -0.2) is 13.4 Å². The number of aromatic nitrogens is 1. The van der Waals surface area contributed by atoms with Gasteiger partial charge >= 0.3 is 0 Å². The molecule has 0 radical (unpaired) electrons. The highest BCUT2D eigenvalue weighted by atomic mass is 32.2. The number of hydrogen-bond acceptors (Lipinski definition) is 5. The lowest BCUT2D eigenvalue weighted by Gasteiger charge is -2.45. The van der Waals surface area contributed by atoms with Crippen molar-refractivity contribution < 1.29 is 8.42 Å². The number of nitrogens with zero attached hydrogens (tertiary/aromatic N) is 3. The van der Waals surface area contributed by atoms with E-state index in [4.69, 9.17) is 0 Å². The fourth-order valence-corrected chi connectivity index (χ4v) is 6.81. The minimum absolute atomic E-state index is 0.227. The van der Waals surface area contributed by atoms with Crippen LogP contribution < -0.4 is 5.32 Å². The maximum absolute atomic E-state index is 12.7. The van der Waals surface area contributed by atoms with Crippen molar-refractivity contribution in [1.29, 1.82) is 0 Å². The molecule has 1 saturated carbocycles. The van der Waals surface area contributed by atoms with E-state index in [1.165, 1.54) is 0 Å². The molecule has 2 aliphatic rings. The van der Waals surface area contributed by atoms with Gasteiger partial charge in [0.2, 0.25) is 0 Å². The maximum atomic E-state index is 12.7. The van der Waals surface area contributed by atoms with Gasteiger partial charge in [-0.3, -0.25) is 4.99 Å². The molecule has 1 aliphatic heterocycles. The number of aryl methyl sites for hydroxylation is 1. The summed E-state index contributed by atoms with van der Waals surface area (Å²) in [5.74, 6) is 1.01. The summed E-state index contributed by atoms with van der Waals surface area (Å²) in [4.78, 5) is 11.1. The van der Waals surface area contributed by atoms with E-state index in [9.17, 15) is 8.42 Å². The predicted octanol–water partition coefficient (Wildman–Crippen LogP) is 2.21. The molecule has 0 atom stereocenters. The smallest absolute Gasteiger partial charge is 0.194 e. The number of guanidine groups is 1. The zero-order chi connectivity index (χ0) is 17.9. The Morgan fingerprint density at radius 1 is 1.40 bits per heavy atom. The second-order valence-corrected chi connectivity index (χ2v) is 10.4. The van der Waals surface area contributed by atoms with Crippen molar-refractivity contribution in [3.63, 3.8) is 0 Å². The molecule has 3 rings (SSSR count). The molecule has 140 valence electrons. The van der Waals surface area contributed by atoms with Gasteiger partial charge in [-0.2, -0.15) is 0 Å². The van der Waals surface area contributed by atoms with Gasteiger partial charge in [0, 0.05) is 25.5 Å². The first-order chi connectivity index (χ1) is 12.0. The highest BCUT2D eigenvalue weighted by Gasteiger charge is 2.48. The third-order valence-electron chi connectivity index (χ3n) is 5.37. The molecule has 0 amide bonds. The summed E-state index contributed by atoms with van der Waals surface area (Å²) in [6.07, 6.45) is 5.69. The van der Waals surface area contributed by atoms with Gasteiger partial charge in [-0.15, -0.1) is 11.3 Å². The van der Waals surface area contributed by atoms with Crippen molar-refractivity contribution in [2.45, 2.75) is 56.7 Å². The number of sulfone groups is 1. The average Bonchev–Trinajstić information content (AvgIpc) is 3.08. The molecule has 1 N–H and O–H groups in total. The van der Waals surface area contributed by atoms with E-state index in [2.05, 4.69) is 32.5 Å². The highest BCUT2D eigenvalue weighted by Crippen LogP contribution is 2.38. The average molecular weight is 385 g/mol. The number of rotatable bonds is 3. The minimum atomic E-state index is -3.02. The zero-order valence-corrected chi connectivity index (χ0v) is 16.8. The summed E-state index contributed by atoms with van der Waals surface area (Å²) >= 11 is 1.68. The Morgan fingerprint density at radius 2 is 2.16 bits per heavy atom. The van der Waals surface area contributed by atoms with E-state index in [1.807, 2.05) is 0 Å². The van der Waals surface area contributed by atoms with Gasteiger partial charge < -0.3 is 10.2 Å². The molecule has 2 heterocycles. The van der Waals surface area contributed by atoms with E-state index in [0.717, 1.165) is 55.2 Å². The van der Waals surface area contributed by atoms with Crippen LogP contribution in [0.4, 0.5) is 0 Å². The van der Waals surface area contributed by atoms with E-state index in [0.29, 0.717) is 19.6 Å². The summed E-state index contributed by atoms with van der Waals surface area (Å²) < 4.78 is 24.9. The molecule has 0 unspecified atom stereocenters. The summed E-state index contributed by atoms with van der Waals surface area (Å²) in [5.41, 5.74) is 1.01. The van der Waals surface area contributed by atoms with Crippen molar-refractivity contribution >= 4 is 27.1 Å². The van der Waals surface area contributed by atoms with E-state index < -0.39 is 14.6 Å². The molecule has 25 heavy (non-hydrogen) atoms.